The molecule has 1 aliphatic carbocycles. The molecule has 20 heavy (non-hydrogen) atoms. The van der Waals surface area contributed by atoms with Gasteiger partial charge in [-0.3, -0.25) is 0 Å². The maximum Gasteiger partial charge on any atom is 1.00 e. The van der Waals surface area contributed by atoms with Crippen LogP contribution in [0.25, 0.3) is 5.32 Å². The van der Waals surface area contributed by atoms with Crippen LogP contribution >= 0.6 is 0 Å². The summed E-state index contributed by atoms with van der Waals surface area (Å²) < 4.78 is 0. The van der Waals surface area contributed by atoms with Crippen LogP contribution in [0.3, 0.4) is 0 Å². The van der Waals surface area contributed by atoms with Crippen LogP contribution in [0.15, 0.2) is 30.3 Å². The largest absolute Gasteiger partial charge is 1.00 e. The Kier molecular flexibility index (Phi) is 6.64. The molecular weight excluding hydrogens is 239 g/mol. The van der Waals surface area contributed by atoms with Crippen molar-refractivity contribution in [2.45, 2.75) is 57.2 Å². The number of rotatable bonds is 4. The minimum atomic E-state index is 0. The van der Waals surface area contributed by atoms with Gasteiger partial charge in [0, 0.05) is 6.54 Å². The van der Waals surface area contributed by atoms with Gasteiger partial charge in [0.1, 0.15) is 0 Å². The summed E-state index contributed by atoms with van der Waals surface area (Å²) in [6.07, 6.45) is 8.17. The standard InChI is InChI=1S/C17H25N2.Li/c1-3-7-15(8-4-1)13-19-12-11-17(14-19)18-16-9-5-2-6-10-16;/h1,3-4,7-8,16-17H,2,5-6,9-14H2;/q-1;+1/t17-;/m0./s1. The maximum absolute atomic E-state index is 5.09. The Labute approximate surface area is 135 Å². The van der Waals surface area contributed by atoms with Crippen molar-refractivity contribution in [3.05, 3.63) is 41.2 Å². The van der Waals surface area contributed by atoms with Crippen molar-refractivity contribution in [2.75, 3.05) is 13.1 Å². The van der Waals surface area contributed by atoms with Gasteiger partial charge in [-0.2, -0.15) is 0 Å². The Morgan fingerprint density at radius 1 is 0.950 bits per heavy atom. The third kappa shape index (κ3) is 4.64. The van der Waals surface area contributed by atoms with Gasteiger partial charge in [0.25, 0.3) is 0 Å². The van der Waals surface area contributed by atoms with E-state index in [1.807, 2.05) is 0 Å². The Morgan fingerprint density at radius 3 is 2.45 bits per heavy atom. The van der Waals surface area contributed by atoms with Crippen LogP contribution in [0.1, 0.15) is 44.1 Å². The van der Waals surface area contributed by atoms with Gasteiger partial charge in [0.05, 0.1) is 0 Å². The first-order chi connectivity index (χ1) is 9.40. The third-order valence-corrected chi connectivity index (χ3v) is 4.49. The predicted molar refractivity (Wildman–Crippen MR) is 80.4 cm³/mol. The summed E-state index contributed by atoms with van der Waals surface area (Å²) in [4.78, 5) is 2.56. The Bertz CT molecular complexity index is 376. The molecule has 104 valence electrons. The fourth-order valence-corrected chi connectivity index (χ4v) is 3.45. The smallest absolute Gasteiger partial charge is 0.656 e. The molecule has 0 amide bonds. The molecule has 0 bridgehead atoms. The van der Waals surface area contributed by atoms with Crippen molar-refractivity contribution >= 4 is 0 Å². The van der Waals surface area contributed by atoms with E-state index in [1.54, 1.807) is 0 Å². The molecule has 1 heterocycles. The SMILES string of the molecule is [Li+].c1ccc(CN2CC[C@H]([N-]C3CCCCC3)C2)cc1. The molecule has 0 aromatic heterocycles. The van der Waals surface area contributed by atoms with Gasteiger partial charge in [-0.05, 0) is 18.7 Å². The number of benzene rings is 1. The molecular formula is C17H25LiN2. The van der Waals surface area contributed by atoms with Crippen LogP contribution in [-0.4, -0.2) is 30.1 Å². The number of hydrogen-bond acceptors (Lipinski definition) is 1. The summed E-state index contributed by atoms with van der Waals surface area (Å²) in [5.41, 5.74) is 1.43. The molecule has 0 spiro atoms. The summed E-state index contributed by atoms with van der Waals surface area (Å²) in [5.74, 6) is 0. The van der Waals surface area contributed by atoms with E-state index in [0.29, 0.717) is 12.1 Å². The molecule has 1 saturated heterocycles. The van der Waals surface area contributed by atoms with Gasteiger partial charge >= 0.3 is 18.9 Å². The van der Waals surface area contributed by atoms with Crippen molar-refractivity contribution in [1.82, 2.24) is 4.90 Å². The average Bonchev–Trinajstić information content (AvgIpc) is 2.88. The summed E-state index contributed by atoms with van der Waals surface area (Å²) in [6, 6.07) is 12.1. The Morgan fingerprint density at radius 2 is 1.70 bits per heavy atom. The minimum Gasteiger partial charge on any atom is -0.656 e. The second-order valence-electron chi connectivity index (χ2n) is 6.10. The maximum atomic E-state index is 5.09. The van der Waals surface area contributed by atoms with Gasteiger partial charge in [-0.15, -0.1) is 12.1 Å². The molecule has 1 atom stereocenters. The number of likely N-dealkylation sites (tertiary alicyclic amines) is 1. The molecule has 2 nitrogen and oxygen atoms in total. The zero-order chi connectivity index (χ0) is 12.9. The molecule has 2 fully saturated rings. The van der Waals surface area contributed by atoms with E-state index in [9.17, 15) is 0 Å². The van der Waals surface area contributed by atoms with Crippen LogP contribution in [0.5, 0.6) is 0 Å². The topological polar surface area (TPSA) is 17.3 Å². The Balaban J connectivity index is 0.00000147. The average molecular weight is 264 g/mol. The van der Waals surface area contributed by atoms with E-state index in [1.165, 1.54) is 57.2 Å². The summed E-state index contributed by atoms with van der Waals surface area (Å²) in [5, 5.41) is 5.09. The minimum absolute atomic E-state index is 0. The second-order valence-corrected chi connectivity index (χ2v) is 6.10. The molecule has 0 unspecified atom stereocenters. The van der Waals surface area contributed by atoms with E-state index < -0.39 is 0 Å². The first-order valence-corrected chi connectivity index (χ1v) is 7.86. The predicted octanol–water partition coefficient (Wildman–Crippen LogP) is 0.971. The van der Waals surface area contributed by atoms with Crippen LogP contribution in [0.4, 0.5) is 0 Å². The van der Waals surface area contributed by atoms with E-state index in [4.69, 9.17) is 5.32 Å². The van der Waals surface area contributed by atoms with Gasteiger partial charge in [0.15, 0.2) is 0 Å². The molecule has 1 aromatic rings. The fourth-order valence-electron chi connectivity index (χ4n) is 3.45. The van der Waals surface area contributed by atoms with Gasteiger partial charge in [-0.25, -0.2) is 0 Å². The normalized spacial score (nSPS) is 24.5. The third-order valence-electron chi connectivity index (χ3n) is 4.49. The van der Waals surface area contributed by atoms with Crippen molar-refractivity contribution in [2.24, 2.45) is 0 Å². The van der Waals surface area contributed by atoms with Crippen LogP contribution in [0, 0.1) is 0 Å². The van der Waals surface area contributed by atoms with E-state index in [2.05, 4.69) is 35.2 Å². The van der Waals surface area contributed by atoms with Crippen molar-refractivity contribution in [3.63, 3.8) is 0 Å². The van der Waals surface area contributed by atoms with E-state index in [0.717, 1.165) is 6.54 Å². The van der Waals surface area contributed by atoms with E-state index in [-0.39, 0.29) is 18.9 Å². The van der Waals surface area contributed by atoms with Crippen LogP contribution < -0.4 is 18.9 Å². The second kappa shape index (κ2) is 8.25. The van der Waals surface area contributed by atoms with Crippen molar-refractivity contribution in [3.8, 4) is 0 Å². The first kappa shape index (κ1) is 16.1. The summed E-state index contributed by atoms with van der Waals surface area (Å²) >= 11 is 0. The van der Waals surface area contributed by atoms with Crippen LogP contribution in [-0.2, 0) is 6.54 Å². The van der Waals surface area contributed by atoms with Gasteiger partial charge in [0.2, 0.25) is 0 Å². The monoisotopic (exact) mass is 264 g/mol. The first-order valence-electron chi connectivity index (χ1n) is 7.86. The molecule has 0 N–H and O–H groups in total. The number of nitrogens with zero attached hydrogens (tertiary/aromatic N) is 2. The van der Waals surface area contributed by atoms with Gasteiger partial charge in [-0.1, -0.05) is 68.9 Å². The van der Waals surface area contributed by atoms with Crippen LogP contribution in [0.2, 0.25) is 0 Å². The van der Waals surface area contributed by atoms with E-state index >= 15 is 0 Å². The molecule has 1 saturated carbocycles. The molecule has 2 aliphatic rings. The summed E-state index contributed by atoms with van der Waals surface area (Å²) in [7, 11) is 0. The number of hydrogen-bond donors (Lipinski definition) is 0. The zero-order valence-corrected chi connectivity index (χ0v) is 12.8. The van der Waals surface area contributed by atoms with Gasteiger partial charge < -0.3 is 10.2 Å². The zero-order valence-electron chi connectivity index (χ0n) is 12.8. The Hall–Kier alpha value is -0.263. The molecule has 3 rings (SSSR count). The molecule has 3 heteroatoms. The quantitative estimate of drug-likeness (QED) is 0.741. The van der Waals surface area contributed by atoms with Crippen molar-refractivity contribution in [1.29, 1.82) is 0 Å². The molecule has 1 aromatic carbocycles. The molecule has 1 aliphatic heterocycles. The summed E-state index contributed by atoms with van der Waals surface area (Å²) in [6.45, 7) is 3.48. The fraction of sp³-hybridized carbons (Fsp3) is 0.647. The van der Waals surface area contributed by atoms with Crippen molar-refractivity contribution < 1.29 is 18.9 Å². The molecule has 0 radical (unpaired) electrons.